The van der Waals surface area contributed by atoms with E-state index in [1.54, 1.807) is 5.57 Å². The molecule has 0 unspecified atom stereocenters. The van der Waals surface area contributed by atoms with Crippen molar-refractivity contribution in [1.29, 1.82) is 0 Å². The van der Waals surface area contributed by atoms with Crippen LogP contribution < -0.4 is 0 Å². The zero-order chi connectivity index (χ0) is 24.6. The van der Waals surface area contributed by atoms with E-state index in [1.807, 2.05) is 0 Å². The monoisotopic (exact) mass is 524 g/mol. The van der Waals surface area contributed by atoms with E-state index in [1.165, 1.54) is 57.8 Å². The summed E-state index contributed by atoms with van der Waals surface area (Å²) >= 11 is 0. The first kappa shape index (κ1) is 31.4. The Morgan fingerprint density at radius 2 is 1.65 bits per heavy atom. The van der Waals surface area contributed by atoms with Crippen molar-refractivity contribution in [2.75, 3.05) is 0 Å². The SMILES string of the molecule is CC(C)CCC[C@@H](C)[C@H]1CC[C@H]2[C@@H]3CC=C4C[C@@H](O)CC[C@]4(C)[C@H]3CC[C@]12C.O=S(=O)(O)O.[KH]. The first-order valence-corrected chi connectivity index (χ1v) is 14.7. The van der Waals surface area contributed by atoms with Crippen LogP contribution in [0.2, 0.25) is 0 Å². The second kappa shape index (κ2) is 12.4. The molecule has 4 aliphatic rings. The summed E-state index contributed by atoms with van der Waals surface area (Å²) in [6, 6.07) is 0. The topological polar surface area (TPSA) is 94.8 Å². The van der Waals surface area contributed by atoms with Gasteiger partial charge in [-0.3, -0.25) is 9.11 Å². The van der Waals surface area contributed by atoms with Crippen LogP contribution >= 0.6 is 0 Å². The Morgan fingerprint density at radius 3 is 2.26 bits per heavy atom. The molecule has 0 bridgehead atoms. The van der Waals surface area contributed by atoms with E-state index in [2.05, 4.69) is 40.7 Å². The molecule has 3 saturated carbocycles. The van der Waals surface area contributed by atoms with E-state index in [0.717, 1.165) is 48.3 Å². The van der Waals surface area contributed by atoms with Crippen molar-refractivity contribution in [2.24, 2.45) is 46.3 Å². The summed E-state index contributed by atoms with van der Waals surface area (Å²) in [6.45, 7) is 12.6. The van der Waals surface area contributed by atoms with Crippen molar-refractivity contribution in [2.45, 2.75) is 111 Å². The number of hydrogen-bond acceptors (Lipinski definition) is 3. The number of aliphatic hydroxyl groups excluding tert-OH is 1. The van der Waals surface area contributed by atoms with E-state index in [-0.39, 0.29) is 57.5 Å². The summed E-state index contributed by atoms with van der Waals surface area (Å²) in [5, 5.41) is 10.2. The Morgan fingerprint density at radius 1 is 1.00 bits per heavy atom. The number of rotatable bonds is 5. The zero-order valence-electron chi connectivity index (χ0n) is 21.5. The third-order valence-corrected chi connectivity index (χ3v) is 10.3. The molecule has 0 radical (unpaired) electrons. The van der Waals surface area contributed by atoms with Crippen molar-refractivity contribution >= 4 is 61.8 Å². The molecular formula is C27H49KO5S. The van der Waals surface area contributed by atoms with Gasteiger partial charge in [0.05, 0.1) is 6.10 Å². The Labute approximate surface area is 251 Å². The minimum atomic E-state index is -4.67. The number of hydrogen-bond donors (Lipinski definition) is 3. The zero-order valence-corrected chi connectivity index (χ0v) is 22.3. The van der Waals surface area contributed by atoms with Crippen LogP contribution in [0.1, 0.15) is 105 Å². The Balaban J connectivity index is 0.000000619. The van der Waals surface area contributed by atoms with Gasteiger partial charge in [0.25, 0.3) is 0 Å². The maximum atomic E-state index is 10.2. The van der Waals surface area contributed by atoms with Gasteiger partial charge >= 0.3 is 61.8 Å². The van der Waals surface area contributed by atoms with Crippen LogP contribution in [-0.4, -0.2) is 80.1 Å². The van der Waals surface area contributed by atoms with Crippen molar-refractivity contribution in [3.8, 4) is 0 Å². The summed E-state index contributed by atoms with van der Waals surface area (Å²) in [4.78, 5) is 0. The minimum absolute atomic E-state index is 0. The molecule has 0 heterocycles. The van der Waals surface area contributed by atoms with E-state index < -0.39 is 10.4 Å². The van der Waals surface area contributed by atoms with E-state index >= 15 is 0 Å². The molecule has 0 aromatic heterocycles. The summed E-state index contributed by atoms with van der Waals surface area (Å²) in [5.74, 6) is 5.46. The van der Waals surface area contributed by atoms with Crippen molar-refractivity contribution in [1.82, 2.24) is 0 Å². The van der Waals surface area contributed by atoms with E-state index in [4.69, 9.17) is 17.5 Å². The standard InChI is InChI=1S/C27H46O.K.H2O4S.H/c1-18(2)7-6-8-19(3)23-11-12-24-22-10-9-20-17-21(28)13-15-26(20,4)25(22)14-16-27(23,24)5;;1-5(2,3)4;/h9,18-19,21-25,28H,6-8,10-17H2,1-5H3;;(H2,1,2,3,4);/t19-,21+,22+,23-,24+,25+,26+,27-;;;/m1.../s1. The third kappa shape index (κ3) is 7.19. The molecule has 0 aromatic rings. The summed E-state index contributed by atoms with van der Waals surface area (Å²) in [5.41, 5.74) is 2.60. The molecular weight excluding hydrogens is 475 g/mol. The molecule has 8 atom stereocenters. The molecule has 34 heavy (non-hydrogen) atoms. The number of aliphatic hydroxyl groups is 1. The van der Waals surface area contributed by atoms with Crippen LogP contribution in [0.15, 0.2) is 11.6 Å². The van der Waals surface area contributed by atoms with E-state index in [0.29, 0.717) is 10.8 Å². The molecule has 0 aliphatic heterocycles. The number of allylic oxidation sites excluding steroid dienone is 1. The van der Waals surface area contributed by atoms with Gasteiger partial charge < -0.3 is 5.11 Å². The quantitative estimate of drug-likeness (QED) is 0.230. The molecule has 0 saturated heterocycles. The Hall–Kier alpha value is 1.21. The second-order valence-electron chi connectivity index (χ2n) is 12.6. The molecule has 4 rings (SSSR count). The normalized spacial score (nSPS) is 40.0. The van der Waals surface area contributed by atoms with Gasteiger partial charge in [0.1, 0.15) is 0 Å². The summed E-state index contributed by atoms with van der Waals surface area (Å²) in [6.07, 6.45) is 17.2. The van der Waals surface area contributed by atoms with Gasteiger partial charge in [0.15, 0.2) is 0 Å². The fraction of sp³-hybridized carbons (Fsp3) is 0.926. The van der Waals surface area contributed by atoms with Gasteiger partial charge in [-0.1, -0.05) is 65.5 Å². The van der Waals surface area contributed by atoms with Gasteiger partial charge in [-0.05, 0) is 97.7 Å². The molecule has 5 nitrogen and oxygen atoms in total. The van der Waals surface area contributed by atoms with Crippen LogP contribution in [0.25, 0.3) is 0 Å². The van der Waals surface area contributed by atoms with Gasteiger partial charge in [-0.2, -0.15) is 8.42 Å². The Kier molecular flexibility index (Phi) is 11.4. The van der Waals surface area contributed by atoms with Crippen LogP contribution in [0.3, 0.4) is 0 Å². The second-order valence-corrected chi connectivity index (χ2v) is 13.5. The van der Waals surface area contributed by atoms with Crippen LogP contribution in [0, 0.1) is 46.3 Å². The third-order valence-electron chi connectivity index (χ3n) is 10.3. The molecule has 3 N–H and O–H groups in total. The molecule has 0 aromatic carbocycles. The first-order valence-electron chi connectivity index (χ1n) is 13.3. The van der Waals surface area contributed by atoms with Gasteiger partial charge in [-0.15, -0.1) is 0 Å². The predicted molar refractivity (Wildman–Crippen MR) is 140 cm³/mol. The van der Waals surface area contributed by atoms with Crippen LogP contribution in [0.4, 0.5) is 0 Å². The summed E-state index contributed by atoms with van der Waals surface area (Å²) in [7, 11) is -4.67. The van der Waals surface area contributed by atoms with Crippen molar-refractivity contribution in [3.63, 3.8) is 0 Å². The van der Waals surface area contributed by atoms with Crippen LogP contribution in [-0.2, 0) is 10.4 Å². The molecule has 4 aliphatic carbocycles. The van der Waals surface area contributed by atoms with Crippen molar-refractivity contribution in [3.05, 3.63) is 11.6 Å². The Bertz CT molecular complexity index is 804. The molecule has 194 valence electrons. The maximum absolute atomic E-state index is 10.2. The van der Waals surface area contributed by atoms with Gasteiger partial charge in [-0.25, -0.2) is 0 Å². The van der Waals surface area contributed by atoms with Gasteiger partial charge in [0, 0.05) is 0 Å². The number of fused-ring (bicyclic) bond motifs is 5. The molecule has 3 fully saturated rings. The van der Waals surface area contributed by atoms with Crippen LogP contribution in [0.5, 0.6) is 0 Å². The van der Waals surface area contributed by atoms with Gasteiger partial charge in [0.2, 0.25) is 0 Å². The molecule has 0 amide bonds. The average molecular weight is 525 g/mol. The molecule has 0 spiro atoms. The summed E-state index contributed by atoms with van der Waals surface area (Å²) < 4.78 is 31.6. The van der Waals surface area contributed by atoms with Crippen molar-refractivity contribution < 1.29 is 22.6 Å². The molecule has 7 heteroatoms. The fourth-order valence-electron chi connectivity index (χ4n) is 8.67. The van der Waals surface area contributed by atoms with E-state index in [9.17, 15) is 5.11 Å². The predicted octanol–water partition coefficient (Wildman–Crippen LogP) is 6.09. The fourth-order valence-corrected chi connectivity index (χ4v) is 8.67. The average Bonchev–Trinajstić information content (AvgIpc) is 3.04. The first-order chi connectivity index (χ1) is 15.3.